The normalized spacial score (nSPS) is 15.7. The third kappa shape index (κ3) is 2.80. The Morgan fingerprint density at radius 1 is 1.31 bits per heavy atom. The number of hydrogen-bond acceptors (Lipinski definition) is 2. The lowest BCUT2D eigenvalue weighted by Gasteiger charge is -2.32. The van der Waals surface area contributed by atoms with Crippen LogP contribution in [0.4, 0.5) is 0 Å². The van der Waals surface area contributed by atoms with Crippen LogP contribution in [0.25, 0.3) is 10.9 Å². The molecule has 0 aliphatic carbocycles. The van der Waals surface area contributed by atoms with Gasteiger partial charge in [-0.25, -0.2) is 4.98 Å². The number of carbonyl (C=O) groups excluding carboxylic acids is 1. The van der Waals surface area contributed by atoms with Gasteiger partial charge in [-0.1, -0.05) is 17.7 Å². The summed E-state index contributed by atoms with van der Waals surface area (Å²) in [6, 6.07) is 7.68. The molecule has 0 radical (unpaired) electrons. The summed E-state index contributed by atoms with van der Waals surface area (Å²) >= 11 is 6.29. The van der Waals surface area contributed by atoms with Crippen molar-refractivity contribution in [1.82, 2.24) is 19.0 Å². The minimum atomic E-state index is 0.0806. The van der Waals surface area contributed by atoms with Gasteiger partial charge < -0.3 is 14.0 Å². The van der Waals surface area contributed by atoms with E-state index in [1.165, 1.54) is 0 Å². The van der Waals surface area contributed by atoms with Crippen LogP contribution in [0.2, 0.25) is 5.02 Å². The number of piperidine rings is 1. The number of aryl methyl sites for hydroxylation is 2. The summed E-state index contributed by atoms with van der Waals surface area (Å²) in [7, 11) is 1.93. The highest BCUT2D eigenvalue weighted by Crippen LogP contribution is 2.30. The first kappa shape index (κ1) is 17.2. The van der Waals surface area contributed by atoms with Crippen LogP contribution in [0, 0.1) is 0 Å². The minimum absolute atomic E-state index is 0.0806. The van der Waals surface area contributed by atoms with Crippen LogP contribution >= 0.6 is 11.6 Å². The molecule has 1 saturated heterocycles. The number of carbonyl (C=O) groups is 1. The number of nitrogens with zero attached hydrogens (tertiary/aromatic N) is 4. The number of aromatic nitrogens is 3. The van der Waals surface area contributed by atoms with E-state index in [4.69, 9.17) is 11.6 Å². The van der Waals surface area contributed by atoms with Crippen molar-refractivity contribution in [3.8, 4) is 0 Å². The average molecular weight is 371 g/mol. The molecule has 0 unspecified atom stereocenters. The molecule has 26 heavy (non-hydrogen) atoms. The van der Waals surface area contributed by atoms with Crippen molar-refractivity contribution in [1.29, 1.82) is 0 Å². The molecule has 1 fully saturated rings. The fourth-order valence-corrected chi connectivity index (χ4v) is 4.20. The molecule has 0 bridgehead atoms. The maximum absolute atomic E-state index is 13.1. The number of benzene rings is 1. The number of likely N-dealkylation sites (tertiary alicyclic amines) is 1. The van der Waals surface area contributed by atoms with Gasteiger partial charge in [-0.2, -0.15) is 0 Å². The van der Waals surface area contributed by atoms with Crippen LogP contribution in [0.3, 0.4) is 0 Å². The Morgan fingerprint density at radius 2 is 2.08 bits per heavy atom. The van der Waals surface area contributed by atoms with Crippen LogP contribution in [-0.4, -0.2) is 38.0 Å². The van der Waals surface area contributed by atoms with Crippen molar-refractivity contribution < 1.29 is 4.79 Å². The Hall–Kier alpha value is -2.27. The van der Waals surface area contributed by atoms with E-state index in [0.717, 1.165) is 49.2 Å². The first-order valence-corrected chi connectivity index (χ1v) is 9.52. The van der Waals surface area contributed by atoms with E-state index in [9.17, 15) is 4.79 Å². The Morgan fingerprint density at radius 3 is 2.77 bits per heavy atom. The van der Waals surface area contributed by atoms with E-state index in [1.54, 1.807) is 0 Å². The molecule has 1 aliphatic heterocycles. The van der Waals surface area contributed by atoms with E-state index in [-0.39, 0.29) is 5.91 Å². The highest BCUT2D eigenvalue weighted by atomic mass is 35.5. The molecule has 1 aliphatic rings. The topological polar surface area (TPSA) is 43.1 Å². The zero-order chi connectivity index (χ0) is 18.3. The van der Waals surface area contributed by atoms with E-state index in [1.807, 2.05) is 53.2 Å². The predicted molar refractivity (Wildman–Crippen MR) is 104 cm³/mol. The summed E-state index contributed by atoms with van der Waals surface area (Å²) in [5.41, 5.74) is 1.68. The molecule has 1 amide bonds. The molecule has 1 aromatic carbocycles. The van der Waals surface area contributed by atoms with E-state index in [2.05, 4.69) is 16.5 Å². The van der Waals surface area contributed by atoms with Crippen LogP contribution in [0.1, 0.15) is 42.0 Å². The van der Waals surface area contributed by atoms with Gasteiger partial charge in [-0.05, 0) is 38.0 Å². The molecule has 2 aromatic heterocycles. The highest BCUT2D eigenvalue weighted by molar-refractivity contribution is 6.35. The monoisotopic (exact) mass is 370 g/mol. The van der Waals surface area contributed by atoms with E-state index >= 15 is 0 Å². The van der Waals surface area contributed by atoms with Gasteiger partial charge in [0.1, 0.15) is 11.5 Å². The van der Waals surface area contributed by atoms with Gasteiger partial charge in [-0.15, -0.1) is 0 Å². The summed E-state index contributed by atoms with van der Waals surface area (Å²) in [5, 5.41) is 1.61. The average Bonchev–Trinajstić information content (AvgIpc) is 3.27. The maximum atomic E-state index is 13.1. The lowest BCUT2D eigenvalue weighted by molar-refractivity contribution is 0.0701. The molecular weight excluding hydrogens is 348 g/mol. The van der Waals surface area contributed by atoms with Crippen molar-refractivity contribution in [2.75, 3.05) is 13.1 Å². The van der Waals surface area contributed by atoms with Gasteiger partial charge in [-0.3, -0.25) is 4.79 Å². The lowest BCUT2D eigenvalue weighted by atomic mass is 9.95. The largest absolute Gasteiger partial charge is 0.340 e. The minimum Gasteiger partial charge on any atom is -0.340 e. The Bertz CT molecular complexity index is 950. The van der Waals surface area contributed by atoms with Gasteiger partial charge in [0.05, 0.1) is 0 Å². The Kier molecular flexibility index (Phi) is 4.49. The van der Waals surface area contributed by atoms with Gasteiger partial charge in [0.2, 0.25) is 0 Å². The first-order chi connectivity index (χ1) is 12.6. The van der Waals surface area contributed by atoms with Gasteiger partial charge in [0.15, 0.2) is 0 Å². The first-order valence-electron chi connectivity index (χ1n) is 9.14. The molecule has 5 nitrogen and oxygen atoms in total. The number of imidazole rings is 1. The van der Waals surface area contributed by atoms with Crippen LogP contribution in [0.15, 0.2) is 36.7 Å². The summed E-state index contributed by atoms with van der Waals surface area (Å²) in [6.07, 6.45) is 5.81. The quantitative estimate of drug-likeness (QED) is 0.697. The fraction of sp³-hybridized carbons (Fsp3) is 0.400. The zero-order valence-electron chi connectivity index (χ0n) is 15.2. The molecule has 3 aromatic rings. The lowest BCUT2D eigenvalue weighted by Crippen LogP contribution is -2.39. The van der Waals surface area contributed by atoms with Crippen molar-refractivity contribution in [3.63, 3.8) is 0 Å². The Labute approximate surface area is 158 Å². The molecule has 0 spiro atoms. The van der Waals surface area contributed by atoms with Crippen molar-refractivity contribution in [2.45, 2.75) is 32.2 Å². The second-order valence-electron chi connectivity index (χ2n) is 6.90. The predicted octanol–water partition coefficient (Wildman–Crippen LogP) is 4.07. The van der Waals surface area contributed by atoms with Crippen LogP contribution < -0.4 is 0 Å². The second kappa shape index (κ2) is 6.80. The van der Waals surface area contributed by atoms with Crippen molar-refractivity contribution in [3.05, 3.63) is 53.2 Å². The van der Waals surface area contributed by atoms with E-state index < -0.39 is 0 Å². The molecule has 0 N–H and O–H groups in total. The van der Waals surface area contributed by atoms with Crippen LogP contribution in [-0.2, 0) is 13.6 Å². The van der Waals surface area contributed by atoms with Gasteiger partial charge >= 0.3 is 0 Å². The SMILES string of the molecule is CCn1ccnc1C1CCN(C(=O)c2cc3c(Cl)cccc3n2C)CC1. The standard InChI is InChI=1S/C20H23ClN4O/c1-3-24-12-9-22-19(24)14-7-10-25(11-8-14)20(26)18-13-15-16(21)5-4-6-17(15)23(18)2/h4-6,9,12-14H,3,7-8,10-11H2,1-2H3. The molecule has 0 atom stereocenters. The number of fused-ring (bicyclic) bond motifs is 1. The maximum Gasteiger partial charge on any atom is 0.270 e. The Balaban J connectivity index is 1.52. The van der Waals surface area contributed by atoms with Gasteiger partial charge in [0, 0.05) is 60.9 Å². The van der Waals surface area contributed by atoms with Gasteiger partial charge in [0.25, 0.3) is 5.91 Å². The number of rotatable bonds is 3. The summed E-state index contributed by atoms with van der Waals surface area (Å²) in [4.78, 5) is 19.5. The zero-order valence-corrected chi connectivity index (χ0v) is 15.9. The molecule has 4 rings (SSSR count). The van der Waals surface area contributed by atoms with Crippen molar-refractivity contribution in [2.24, 2.45) is 7.05 Å². The molecule has 6 heteroatoms. The molecule has 0 saturated carbocycles. The number of hydrogen-bond donors (Lipinski definition) is 0. The van der Waals surface area contributed by atoms with Crippen LogP contribution in [0.5, 0.6) is 0 Å². The van der Waals surface area contributed by atoms with Crippen molar-refractivity contribution >= 4 is 28.4 Å². The summed E-state index contributed by atoms with van der Waals surface area (Å²) in [6.45, 7) is 4.59. The molecular formula is C20H23ClN4O. The second-order valence-corrected chi connectivity index (χ2v) is 7.31. The van der Waals surface area contributed by atoms with E-state index in [0.29, 0.717) is 16.6 Å². The molecule has 3 heterocycles. The molecule has 136 valence electrons. The smallest absolute Gasteiger partial charge is 0.270 e. The summed E-state index contributed by atoms with van der Waals surface area (Å²) < 4.78 is 4.15. The number of amides is 1. The fourth-order valence-electron chi connectivity index (χ4n) is 3.98. The summed E-state index contributed by atoms with van der Waals surface area (Å²) in [5.74, 6) is 1.66. The number of halogens is 1. The highest BCUT2D eigenvalue weighted by Gasteiger charge is 2.28. The third-order valence-electron chi connectivity index (χ3n) is 5.49. The third-order valence-corrected chi connectivity index (χ3v) is 5.82.